The summed E-state index contributed by atoms with van der Waals surface area (Å²) < 4.78 is 0. The average molecular weight is 517 g/mol. The van der Waals surface area contributed by atoms with E-state index in [1.54, 1.807) is 30.5 Å². The Hall–Kier alpha value is -1.72. The van der Waals surface area contributed by atoms with Crippen LogP contribution in [0.3, 0.4) is 0 Å². The number of hydrogen-bond acceptors (Lipinski definition) is 5. The van der Waals surface area contributed by atoms with Gasteiger partial charge in [-0.15, -0.1) is 24.0 Å². The summed E-state index contributed by atoms with van der Waals surface area (Å²) in [5.74, 6) is 0.979. The zero-order chi connectivity index (χ0) is 19.7. The van der Waals surface area contributed by atoms with E-state index >= 15 is 0 Å². The van der Waals surface area contributed by atoms with Crippen molar-refractivity contribution in [1.82, 2.24) is 15.6 Å². The number of carbonyl (C=O) groups excluding carboxylic acids is 1. The number of aromatic nitrogens is 1. The van der Waals surface area contributed by atoms with Crippen LogP contribution in [0.1, 0.15) is 31.4 Å². The van der Waals surface area contributed by atoms with Crippen molar-refractivity contribution < 1.29 is 9.90 Å². The first kappa shape index (κ1) is 24.3. The molecule has 9 heteroatoms. The van der Waals surface area contributed by atoms with Crippen LogP contribution in [-0.4, -0.2) is 41.6 Å². The number of thiophene rings is 1. The van der Waals surface area contributed by atoms with E-state index in [1.807, 2.05) is 36.7 Å². The molecule has 2 heterocycles. The van der Waals surface area contributed by atoms with Crippen molar-refractivity contribution >= 4 is 53.0 Å². The Morgan fingerprint density at radius 2 is 2.11 bits per heavy atom. The van der Waals surface area contributed by atoms with E-state index in [4.69, 9.17) is 0 Å². The zero-order valence-electron chi connectivity index (χ0n) is 16.4. The third-order valence-electron chi connectivity index (χ3n) is 3.86. The Balaban J connectivity index is 0.00000392. The molecule has 0 aliphatic carbocycles. The smallest absolute Gasteiger partial charge is 0.227 e. The highest BCUT2D eigenvalue weighted by atomic mass is 127. The first-order valence-corrected chi connectivity index (χ1v) is 9.84. The number of aliphatic imine (C=N–C) groups is 1. The van der Waals surface area contributed by atoms with E-state index in [2.05, 4.69) is 25.9 Å². The maximum atomic E-state index is 12.0. The predicted octanol–water partition coefficient (Wildman–Crippen LogP) is 2.86. The molecular formula is C19H28IN5O2S. The molecule has 2 aromatic heterocycles. The van der Waals surface area contributed by atoms with Crippen molar-refractivity contribution in [2.45, 2.75) is 32.8 Å². The largest absolute Gasteiger partial charge is 0.383 e. The van der Waals surface area contributed by atoms with Crippen molar-refractivity contribution in [3.63, 3.8) is 0 Å². The summed E-state index contributed by atoms with van der Waals surface area (Å²) in [7, 11) is 0. The summed E-state index contributed by atoms with van der Waals surface area (Å²) in [5, 5.41) is 23.4. The molecule has 0 radical (unpaired) electrons. The molecule has 2 rings (SSSR count). The molecule has 0 saturated carbocycles. The SMILES string of the molecule is CCNC(=NCC(C)(O)c1ccsc1)NCCC(=O)Nc1ccc(C)cn1.I. The minimum Gasteiger partial charge on any atom is -0.383 e. The zero-order valence-corrected chi connectivity index (χ0v) is 19.5. The topological polar surface area (TPSA) is 98.6 Å². The second-order valence-corrected chi connectivity index (χ2v) is 7.21. The lowest BCUT2D eigenvalue weighted by molar-refractivity contribution is -0.116. The van der Waals surface area contributed by atoms with Crippen LogP contribution in [0.15, 0.2) is 40.1 Å². The fourth-order valence-corrected chi connectivity index (χ4v) is 3.06. The average Bonchev–Trinajstić information content (AvgIpc) is 3.17. The lowest BCUT2D eigenvalue weighted by atomic mass is 10.00. The molecule has 2 aromatic rings. The Bertz CT molecular complexity index is 748. The molecular weight excluding hydrogens is 489 g/mol. The molecule has 0 aliphatic heterocycles. The van der Waals surface area contributed by atoms with Gasteiger partial charge in [-0.2, -0.15) is 11.3 Å². The molecule has 0 aromatic carbocycles. The van der Waals surface area contributed by atoms with Crippen LogP contribution in [-0.2, 0) is 10.4 Å². The van der Waals surface area contributed by atoms with Crippen molar-refractivity contribution in [2.75, 3.05) is 25.0 Å². The predicted molar refractivity (Wildman–Crippen MR) is 126 cm³/mol. The number of nitrogens with zero attached hydrogens (tertiary/aromatic N) is 2. The fraction of sp³-hybridized carbons (Fsp3) is 0.421. The maximum Gasteiger partial charge on any atom is 0.227 e. The number of anilines is 1. The fourth-order valence-electron chi connectivity index (χ4n) is 2.28. The summed E-state index contributed by atoms with van der Waals surface area (Å²) in [4.78, 5) is 20.6. The van der Waals surface area contributed by atoms with Crippen molar-refractivity contribution in [3.8, 4) is 0 Å². The maximum absolute atomic E-state index is 12.0. The lowest BCUT2D eigenvalue weighted by Gasteiger charge is -2.21. The van der Waals surface area contributed by atoms with E-state index in [1.165, 1.54) is 0 Å². The summed E-state index contributed by atoms with van der Waals surface area (Å²) in [6.45, 7) is 6.97. The lowest BCUT2D eigenvalue weighted by Crippen LogP contribution is -2.40. The summed E-state index contributed by atoms with van der Waals surface area (Å²) in [6, 6.07) is 5.57. The van der Waals surface area contributed by atoms with E-state index in [9.17, 15) is 9.90 Å². The first-order chi connectivity index (χ1) is 12.9. The van der Waals surface area contributed by atoms with Crippen molar-refractivity contribution in [2.24, 2.45) is 4.99 Å². The van der Waals surface area contributed by atoms with E-state index in [0.717, 1.165) is 11.1 Å². The molecule has 4 N–H and O–H groups in total. The Labute approximate surface area is 187 Å². The second-order valence-electron chi connectivity index (χ2n) is 6.43. The van der Waals surface area contributed by atoms with Crippen LogP contribution in [0.2, 0.25) is 0 Å². The van der Waals surface area contributed by atoms with Gasteiger partial charge < -0.3 is 21.1 Å². The first-order valence-electron chi connectivity index (χ1n) is 8.90. The number of carbonyl (C=O) groups is 1. The van der Waals surface area contributed by atoms with Gasteiger partial charge in [-0.05, 0) is 54.8 Å². The van der Waals surface area contributed by atoms with Gasteiger partial charge >= 0.3 is 0 Å². The molecule has 0 fully saturated rings. The highest BCUT2D eigenvalue weighted by molar-refractivity contribution is 14.0. The second kappa shape index (κ2) is 12.0. The number of aryl methyl sites for hydroxylation is 1. The third-order valence-corrected chi connectivity index (χ3v) is 4.54. The summed E-state index contributed by atoms with van der Waals surface area (Å²) in [5.41, 5.74) is 0.855. The Morgan fingerprint density at radius 3 is 2.71 bits per heavy atom. The molecule has 1 amide bonds. The van der Waals surface area contributed by atoms with Gasteiger partial charge in [0.05, 0.1) is 6.54 Å². The van der Waals surface area contributed by atoms with E-state index < -0.39 is 5.60 Å². The van der Waals surface area contributed by atoms with Crippen LogP contribution >= 0.6 is 35.3 Å². The summed E-state index contributed by atoms with van der Waals surface area (Å²) in [6.07, 6.45) is 1.99. The molecule has 0 saturated heterocycles. The molecule has 7 nitrogen and oxygen atoms in total. The van der Waals surface area contributed by atoms with Gasteiger partial charge in [-0.1, -0.05) is 6.07 Å². The van der Waals surface area contributed by atoms with Crippen molar-refractivity contribution in [3.05, 3.63) is 46.3 Å². The van der Waals surface area contributed by atoms with Crippen LogP contribution in [0.25, 0.3) is 0 Å². The standard InChI is InChI=1S/C19H27N5O2S.HI/c1-4-20-18(23-13-19(3,26)15-8-10-27-12-15)21-9-7-17(25)24-16-6-5-14(2)11-22-16;/h5-6,8,10-12,26H,4,7,9,13H2,1-3H3,(H2,20,21,23)(H,22,24,25);1H. The van der Waals surface area contributed by atoms with Gasteiger partial charge in [0.1, 0.15) is 11.4 Å². The number of nitrogens with one attached hydrogen (secondary N) is 3. The van der Waals surface area contributed by atoms with Gasteiger partial charge in [-0.25, -0.2) is 9.98 Å². The number of pyridine rings is 1. The number of amides is 1. The van der Waals surface area contributed by atoms with Gasteiger partial charge in [0, 0.05) is 25.7 Å². The minimum atomic E-state index is -1.03. The number of halogens is 1. The van der Waals surface area contributed by atoms with Gasteiger partial charge in [0.2, 0.25) is 5.91 Å². The van der Waals surface area contributed by atoms with E-state index in [-0.39, 0.29) is 42.8 Å². The Morgan fingerprint density at radius 1 is 1.32 bits per heavy atom. The quantitative estimate of drug-likeness (QED) is 0.245. The van der Waals surface area contributed by atoms with Crippen molar-refractivity contribution in [1.29, 1.82) is 0 Å². The Kier molecular flexibility index (Phi) is 10.4. The number of aliphatic hydroxyl groups is 1. The van der Waals surface area contributed by atoms with Gasteiger partial charge in [0.15, 0.2) is 5.96 Å². The minimum absolute atomic E-state index is 0. The van der Waals surface area contributed by atoms with Crippen LogP contribution in [0, 0.1) is 6.92 Å². The number of guanidine groups is 1. The summed E-state index contributed by atoms with van der Waals surface area (Å²) >= 11 is 1.54. The monoisotopic (exact) mass is 517 g/mol. The molecule has 1 atom stereocenters. The van der Waals surface area contributed by atoms with Crippen LogP contribution in [0.4, 0.5) is 5.82 Å². The molecule has 1 unspecified atom stereocenters. The van der Waals surface area contributed by atoms with E-state index in [0.29, 0.717) is 24.9 Å². The highest BCUT2D eigenvalue weighted by Crippen LogP contribution is 2.23. The molecule has 0 bridgehead atoms. The highest BCUT2D eigenvalue weighted by Gasteiger charge is 2.23. The van der Waals surface area contributed by atoms with Gasteiger partial charge in [-0.3, -0.25) is 4.79 Å². The normalized spacial score (nSPS) is 13.2. The van der Waals surface area contributed by atoms with Crippen LogP contribution < -0.4 is 16.0 Å². The number of hydrogen-bond donors (Lipinski definition) is 4. The molecule has 154 valence electrons. The van der Waals surface area contributed by atoms with Crippen LogP contribution in [0.5, 0.6) is 0 Å². The molecule has 28 heavy (non-hydrogen) atoms. The van der Waals surface area contributed by atoms with Gasteiger partial charge in [0.25, 0.3) is 0 Å². The molecule has 0 spiro atoms. The molecule has 0 aliphatic rings. The number of rotatable bonds is 8. The third kappa shape index (κ3) is 8.11.